The number of allylic oxidation sites excluding steroid dienone is 2. The molecule has 0 aliphatic carbocycles. The van der Waals surface area contributed by atoms with Crippen molar-refractivity contribution in [3.63, 3.8) is 0 Å². The van der Waals surface area contributed by atoms with Gasteiger partial charge in [-0.25, -0.2) is 0 Å². The van der Waals surface area contributed by atoms with Crippen molar-refractivity contribution in [3.05, 3.63) is 41.3 Å². The van der Waals surface area contributed by atoms with Crippen LogP contribution in [0.5, 0.6) is 0 Å². The van der Waals surface area contributed by atoms with Gasteiger partial charge in [-0.1, -0.05) is 62.7 Å². The van der Waals surface area contributed by atoms with E-state index >= 15 is 0 Å². The van der Waals surface area contributed by atoms with E-state index in [2.05, 4.69) is 50.3 Å². The van der Waals surface area contributed by atoms with Crippen LogP contribution >= 0.6 is 11.8 Å². The highest BCUT2D eigenvalue weighted by Gasteiger charge is 1.98. The Morgan fingerprint density at radius 1 is 1.13 bits per heavy atom. The third-order valence-electron chi connectivity index (χ3n) is 2.15. The standard InChI is InChI=1S/C14H20S/c1-3-5-10-13(9-4-2)15-14-11-7-6-8-12-14/h6-8,10-12H,3-5,9H2,1-2H3/b13-10-. The van der Waals surface area contributed by atoms with Crippen LogP contribution in [0.2, 0.25) is 0 Å². The molecular weight excluding hydrogens is 200 g/mol. The van der Waals surface area contributed by atoms with Gasteiger partial charge in [0.05, 0.1) is 0 Å². The predicted molar refractivity (Wildman–Crippen MR) is 70.2 cm³/mol. The topological polar surface area (TPSA) is 0 Å². The van der Waals surface area contributed by atoms with Crippen LogP contribution in [-0.2, 0) is 0 Å². The Bertz CT molecular complexity index is 287. The molecule has 0 amide bonds. The summed E-state index contributed by atoms with van der Waals surface area (Å²) in [4.78, 5) is 2.87. The Kier molecular flexibility index (Phi) is 6.26. The Hall–Kier alpha value is -0.690. The second-order valence-corrected chi connectivity index (χ2v) is 4.82. The lowest BCUT2D eigenvalue weighted by atomic mass is 10.2. The van der Waals surface area contributed by atoms with E-state index in [1.807, 2.05) is 11.8 Å². The van der Waals surface area contributed by atoms with Gasteiger partial charge in [0.2, 0.25) is 0 Å². The first kappa shape index (κ1) is 12.4. The van der Waals surface area contributed by atoms with Crippen LogP contribution in [0, 0.1) is 0 Å². The molecule has 0 fully saturated rings. The van der Waals surface area contributed by atoms with Crippen molar-refractivity contribution in [2.24, 2.45) is 0 Å². The second-order valence-electron chi connectivity index (χ2n) is 3.62. The van der Waals surface area contributed by atoms with Gasteiger partial charge in [0.1, 0.15) is 0 Å². The molecule has 0 atom stereocenters. The van der Waals surface area contributed by atoms with Crippen LogP contribution < -0.4 is 0 Å². The monoisotopic (exact) mass is 220 g/mol. The van der Waals surface area contributed by atoms with Crippen molar-refractivity contribution in [3.8, 4) is 0 Å². The Morgan fingerprint density at radius 2 is 1.87 bits per heavy atom. The molecule has 82 valence electrons. The highest BCUT2D eigenvalue weighted by atomic mass is 32.2. The molecule has 0 aliphatic rings. The molecule has 0 aliphatic heterocycles. The molecule has 1 aromatic carbocycles. The molecule has 1 heteroatoms. The maximum Gasteiger partial charge on any atom is 0.0118 e. The van der Waals surface area contributed by atoms with Gasteiger partial charge in [-0.2, -0.15) is 0 Å². The summed E-state index contributed by atoms with van der Waals surface area (Å²) in [5.74, 6) is 0. The largest absolute Gasteiger partial charge is 0.0949 e. The van der Waals surface area contributed by atoms with E-state index in [9.17, 15) is 0 Å². The van der Waals surface area contributed by atoms with Gasteiger partial charge < -0.3 is 0 Å². The van der Waals surface area contributed by atoms with E-state index < -0.39 is 0 Å². The third kappa shape index (κ3) is 5.08. The average molecular weight is 220 g/mol. The summed E-state index contributed by atoms with van der Waals surface area (Å²) in [6, 6.07) is 10.6. The molecule has 15 heavy (non-hydrogen) atoms. The van der Waals surface area contributed by atoms with Crippen LogP contribution in [0.1, 0.15) is 39.5 Å². The van der Waals surface area contributed by atoms with E-state index in [1.54, 1.807) is 0 Å². The minimum absolute atomic E-state index is 1.20. The first-order chi connectivity index (χ1) is 7.36. The van der Waals surface area contributed by atoms with Crippen LogP contribution in [0.15, 0.2) is 46.2 Å². The summed E-state index contributed by atoms with van der Waals surface area (Å²) in [6.07, 6.45) is 7.27. The zero-order valence-corrected chi connectivity index (χ0v) is 10.5. The van der Waals surface area contributed by atoms with Crippen LogP contribution in [0.25, 0.3) is 0 Å². The van der Waals surface area contributed by atoms with Gasteiger partial charge >= 0.3 is 0 Å². The average Bonchev–Trinajstić information content (AvgIpc) is 2.28. The fourth-order valence-electron chi connectivity index (χ4n) is 1.39. The quantitative estimate of drug-likeness (QED) is 0.589. The lowest BCUT2D eigenvalue weighted by Crippen LogP contribution is -1.79. The number of unbranched alkanes of at least 4 members (excludes halogenated alkanes) is 1. The van der Waals surface area contributed by atoms with Crippen molar-refractivity contribution in [1.29, 1.82) is 0 Å². The summed E-state index contributed by atoms with van der Waals surface area (Å²) in [7, 11) is 0. The maximum atomic E-state index is 2.39. The minimum Gasteiger partial charge on any atom is -0.0949 e. The molecule has 0 saturated carbocycles. The summed E-state index contributed by atoms with van der Waals surface area (Å²) in [5, 5.41) is 0. The smallest absolute Gasteiger partial charge is 0.0118 e. The van der Waals surface area contributed by atoms with Crippen molar-refractivity contribution < 1.29 is 0 Å². The fraction of sp³-hybridized carbons (Fsp3) is 0.429. The molecule has 0 nitrogen and oxygen atoms in total. The molecular formula is C14H20S. The molecule has 0 bridgehead atoms. The van der Waals surface area contributed by atoms with Gasteiger partial charge in [0.15, 0.2) is 0 Å². The van der Waals surface area contributed by atoms with Crippen LogP contribution in [-0.4, -0.2) is 0 Å². The first-order valence-corrected chi connectivity index (χ1v) is 6.60. The number of hydrogen-bond acceptors (Lipinski definition) is 1. The SMILES string of the molecule is CCC/C=C(/CCC)Sc1ccccc1. The van der Waals surface area contributed by atoms with Crippen molar-refractivity contribution in [2.45, 2.75) is 44.4 Å². The molecule has 1 rings (SSSR count). The number of hydrogen-bond donors (Lipinski definition) is 0. The molecule has 0 saturated heterocycles. The Morgan fingerprint density at radius 3 is 2.47 bits per heavy atom. The first-order valence-electron chi connectivity index (χ1n) is 5.78. The van der Waals surface area contributed by atoms with Gasteiger partial charge in [0.25, 0.3) is 0 Å². The van der Waals surface area contributed by atoms with Crippen LogP contribution in [0.3, 0.4) is 0 Å². The summed E-state index contributed by atoms with van der Waals surface area (Å²) in [6.45, 7) is 4.47. The van der Waals surface area contributed by atoms with Crippen molar-refractivity contribution in [1.82, 2.24) is 0 Å². The van der Waals surface area contributed by atoms with E-state index in [0.717, 1.165) is 0 Å². The minimum atomic E-state index is 1.20. The molecule has 0 unspecified atom stereocenters. The van der Waals surface area contributed by atoms with Crippen molar-refractivity contribution in [2.75, 3.05) is 0 Å². The molecule has 0 spiro atoms. The van der Waals surface area contributed by atoms with Crippen molar-refractivity contribution >= 4 is 11.8 Å². The van der Waals surface area contributed by atoms with Crippen LogP contribution in [0.4, 0.5) is 0 Å². The molecule has 1 aromatic rings. The van der Waals surface area contributed by atoms with E-state index in [1.165, 1.54) is 35.5 Å². The van der Waals surface area contributed by atoms with Gasteiger partial charge in [-0.15, -0.1) is 0 Å². The predicted octanol–water partition coefficient (Wildman–Crippen LogP) is 5.26. The molecule has 0 N–H and O–H groups in total. The van der Waals surface area contributed by atoms with Gasteiger partial charge in [-0.3, -0.25) is 0 Å². The Labute approximate surface area is 97.8 Å². The lowest BCUT2D eigenvalue weighted by Gasteiger charge is -2.05. The second kappa shape index (κ2) is 7.58. The van der Waals surface area contributed by atoms with E-state index in [0.29, 0.717) is 0 Å². The summed E-state index contributed by atoms with van der Waals surface area (Å²) < 4.78 is 0. The van der Waals surface area contributed by atoms with Gasteiger partial charge in [-0.05, 0) is 29.9 Å². The summed E-state index contributed by atoms with van der Waals surface area (Å²) in [5.41, 5.74) is 0. The molecule has 0 heterocycles. The zero-order valence-electron chi connectivity index (χ0n) is 9.70. The normalized spacial score (nSPS) is 11.7. The number of rotatable bonds is 6. The maximum absolute atomic E-state index is 2.39. The molecule has 0 aromatic heterocycles. The van der Waals surface area contributed by atoms with Gasteiger partial charge in [0, 0.05) is 4.90 Å². The number of thioether (sulfide) groups is 1. The summed E-state index contributed by atoms with van der Waals surface area (Å²) >= 11 is 1.91. The fourth-order valence-corrected chi connectivity index (χ4v) is 2.49. The highest BCUT2D eigenvalue weighted by Crippen LogP contribution is 2.29. The number of benzene rings is 1. The highest BCUT2D eigenvalue weighted by molar-refractivity contribution is 8.03. The van der Waals surface area contributed by atoms with E-state index in [-0.39, 0.29) is 0 Å². The zero-order chi connectivity index (χ0) is 10.9. The lowest BCUT2D eigenvalue weighted by molar-refractivity contribution is 0.912. The van der Waals surface area contributed by atoms with E-state index in [4.69, 9.17) is 0 Å². The Balaban J connectivity index is 2.58. The molecule has 0 radical (unpaired) electrons. The third-order valence-corrected chi connectivity index (χ3v) is 3.29.